The lowest BCUT2D eigenvalue weighted by atomic mass is 10.1. The Morgan fingerprint density at radius 3 is 2.53 bits per heavy atom. The maximum absolute atomic E-state index is 5.58. The number of rotatable bonds is 10. The van der Waals surface area contributed by atoms with E-state index in [1.165, 1.54) is 18.5 Å². The molecule has 1 aromatic rings. The Kier molecular flexibility index (Phi) is 8.47. The average molecular weight is 263 g/mol. The number of hydrogen-bond donors (Lipinski definition) is 2. The van der Waals surface area contributed by atoms with E-state index in [1.807, 2.05) is 0 Å². The summed E-state index contributed by atoms with van der Waals surface area (Å²) in [5.41, 5.74) is 6.95. The molecule has 0 heterocycles. The van der Waals surface area contributed by atoms with Crippen LogP contribution in [-0.2, 0) is 0 Å². The lowest BCUT2D eigenvalue weighted by Crippen LogP contribution is -2.36. The van der Waals surface area contributed by atoms with Gasteiger partial charge in [0.2, 0.25) is 0 Å². The van der Waals surface area contributed by atoms with Gasteiger partial charge in [0.1, 0.15) is 0 Å². The molecule has 1 aromatic carbocycles. The van der Waals surface area contributed by atoms with Crippen LogP contribution in [0.1, 0.15) is 38.3 Å². The molecule has 1 rings (SSSR count). The molecule has 3 heteroatoms. The van der Waals surface area contributed by atoms with Crippen molar-refractivity contribution in [2.75, 3.05) is 32.7 Å². The Balaban J connectivity index is 2.63. The lowest BCUT2D eigenvalue weighted by molar-refractivity contribution is 0.254. The molecule has 0 fully saturated rings. The highest BCUT2D eigenvalue weighted by molar-refractivity contribution is 5.19. The van der Waals surface area contributed by atoms with Crippen molar-refractivity contribution in [1.29, 1.82) is 0 Å². The van der Waals surface area contributed by atoms with Crippen molar-refractivity contribution in [3.63, 3.8) is 0 Å². The average Bonchev–Trinajstić information content (AvgIpc) is 2.46. The van der Waals surface area contributed by atoms with Gasteiger partial charge in [-0.15, -0.1) is 0 Å². The van der Waals surface area contributed by atoms with Gasteiger partial charge >= 0.3 is 0 Å². The van der Waals surface area contributed by atoms with Crippen LogP contribution in [0.4, 0.5) is 0 Å². The molecule has 0 spiro atoms. The van der Waals surface area contributed by atoms with E-state index >= 15 is 0 Å². The number of hydrogen-bond acceptors (Lipinski definition) is 3. The number of nitrogens with two attached hydrogens (primary N) is 1. The molecule has 3 N–H and O–H groups in total. The first kappa shape index (κ1) is 16.2. The van der Waals surface area contributed by atoms with Crippen molar-refractivity contribution in [3.8, 4) is 0 Å². The van der Waals surface area contributed by atoms with Gasteiger partial charge in [-0.2, -0.15) is 0 Å². The third kappa shape index (κ3) is 6.19. The lowest BCUT2D eigenvalue weighted by Gasteiger charge is -2.27. The molecule has 1 unspecified atom stereocenters. The monoisotopic (exact) mass is 263 g/mol. The van der Waals surface area contributed by atoms with Crippen LogP contribution >= 0.6 is 0 Å². The zero-order valence-electron chi connectivity index (χ0n) is 12.4. The normalized spacial score (nSPS) is 12.8. The summed E-state index contributed by atoms with van der Waals surface area (Å²) in [6, 6.07) is 11.1. The van der Waals surface area contributed by atoms with E-state index < -0.39 is 0 Å². The standard InChI is InChI=1S/C16H29N3/c1-3-13-19(4-2)14-16(18-12-8-11-17)15-9-6-5-7-10-15/h5-7,9-10,16,18H,3-4,8,11-14,17H2,1-2H3. The van der Waals surface area contributed by atoms with Crippen molar-refractivity contribution in [2.24, 2.45) is 5.73 Å². The van der Waals surface area contributed by atoms with Crippen molar-refractivity contribution in [3.05, 3.63) is 35.9 Å². The van der Waals surface area contributed by atoms with Crippen molar-refractivity contribution in [1.82, 2.24) is 10.2 Å². The summed E-state index contributed by atoms with van der Waals surface area (Å²) in [7, 11) is 0. The van der Waals surface area contributed by atoms with Gasteiger partial charge in [0, 0.05) is 12.6 Å². The van der Waals surface area contributed by atoms with Crippen LogP contribution < -0.4 is 11.1 Å². The second kappa shape index (κ2) is 9.96. The van der Waals surface area contributed by atoms with Crippen LogP contribution in [0.5, 0.6) is 0 Å². The predicted octanol–water partition coefficient (Wildman–Crippen LogP) is 2.40. The van der Waals surface area contributed by atoms with Gasteiger partial charge in [0.15, 0.2) is 0 Å². The van der Waals surface area contributed by atoms with Crippen LogP contribution in [0.25, 0.3) is 0 Å². The SMILES string of the molecule is CCCN(CC)CC(NCCCN)c1ccccc1. The van der Waals surface area contributed by atoms with Crippen LogP contribution in [0.15, 0.2) is 30.3 Å². The highest BCUT2D eigenvalue weighted by atomic mass is 15.1. The highest BCUT2D eigenvalue weighted by Gasteiger charge is 2.13. The zero-order valence-corrected chi connectivity index (χ0v) is 12.4. The summed E-state index contributed by atoms with van der Waals surface area (Å²) in [6.07, 6.45) is 2.24. The molecule has 0 aromatic heterocycles. The zero-order chi connectivity index (χ0) is 13.9. The van der Waals surface area contributed by atoms with E-state index in [-0.39, 0.29) is 0 Å². The smallest absolute Gasteiger partial charge is 0.0449 e. The fraction of sp³-hybridized carbons (Fsp3) is 0.625. The Morgan fingerprint density at radius 2 is 1.95 bits per heavy atom. The van der Waals surface area contributed by atoms with E-state index in [1.54, 1.807) is 0 Å². The quantitative estimate of drug-likeness (QED) is 0.637. The van der Waals surface area contributed by atoms with Crippen LogP contribution in [0, 0.1) is 0 Å². The van der Waals surface area contributed by atoms with Gasteiger partial charge in [0.25, 0.3) is 0 Å². The van der Waals surface area contributed by atoms with Gasteiger partial charge in [-0.05, 0) is 44.6 Å². The molecule has 0 saturated heterocycles. The second-order valence-corrected chi connectivity index (χ2v) is 4.95. The number of nitrogens with one attached hydrogen (secondary N) is 1. The first-order valence-corrected chi connectivity index (χ1v) is 7.52. The van der Waals surface area contributed by atoms with Gasteiger partial charge in [-0.3, -0.25) is 0 Å². The Morgan fingerprint density at radius 1 is 1.21 bits per heavy atom. The molecular formula is C16H29N3. The highest BCUT2D eigenvalue weighted by Crippen LogP contribution is 2.14. The van der Waals surface area contributed by atoms with Crippen LogP contribution in [0.3, 0.4) is 0 Å². The summed E-state index contributed by atoms with van der Waals surface area (Å²) in [5, 5.41) is 3.64. The third-order valence-corrected chi connectivity index (χ3v) is 3.40. The molecule has 0 amide bonds. The summed E-state index contributed by atoms with van der Waals surface area (Å²) >= 11 is 0. The molecule has 108 valence electrons. The molecular weight excluding hydrogens is 234 g/mol. The van der Waals surface area contributed by atoms with Crippen molar-refractivity contribution < 1.29 is 0 Å². The third-order valence-electron chi connectivity index (χ3n) is 3.40. The molecule has 0 aliphatic heterocycles. The second-order valence-electron chi connectivity index (χ2n) is 4.95. The first-order valence-electron chi connectivity index (χ1n) is 7.52. The molecule has 0 aliphatic carbocycles. The van der Waals surface area contributed by atoms with Gasteiger partial charge in [0.05, 0.1) is 0 Å². The minimum Gasteiger partial charge on any atom is -0.330 e. The number of benzene rings is 1. The van der Waals surface area contributed by atoms with Gasteiger partial charge < -0.3 is 16.0 Å². The minimum atomic E-state index is 0.402. The number of nitrogens with zero attached hydrogens (tertiary/aromatic N) is 1. The van der Waals surface area contributed by atoms with Crippen LogP contribution in [0.2, 0.25) is 0 Å². The van der Waals surface area contributed by atoms with Gasteiger partial charge in [-0.25, -0.2) is 0 Å². The molecule has 1 atom stereocenters. The van der Waals surface area contributed by atoms with E-state index in [0.717, 1.165) is 32.6 Å². The van der Waals surface area contributed by atoms with E-state index in [9.17, 15) is 0 Å². The van der Waals surface area contributed by atoms with Crippen molar-refractivity contribution >= 4 is 0 Å². The van der Waals surface area contributed by atoms with E-state index in [0.29, 0.717) is 6.04 Å². The molecule has 19 heavy (non-hydrogen) atoms. The molecule has 0 bridgehead atoms. The van der Waals surface area contributed by atoms with Gasteiger partial charge in [-0.1, -0.05) is 44.2 Å². The maximum Gasteiger partial charge on any atom is 0.0449 e. The van der Waals surface area contributed by atoms with Crippen LogP contribution in [-0.4, -0.2) is 37.6 Å². The number of likely N-dealkylation sites (N-methyl/N-ethyl adjacent to an activating group) is 1. The Hall–Kier alpha value is -0.900. The topological polar surface area (TPSA) is 41.3 Å². The summed E-state index contributed by atoms with van der Waals surface area (Å²) in [5.74, 6) is 0. The molecule has 0 aliphatic rings. The predicted molar refractivity (Wildman–Crippen MR) is 83.3 cm³/mol. The Bertz CT molecular complexity index is 313. The fourth-order valence-electron chi connectivity index (χ4n) is 2.30. The molecule has 3 nitrogen and oxygen atoms in total. The van der Waals surface area contributed by atoms with E-state index in [2.05, 4.69) is 54.4 Å². The maximum atomic E-state index is 5.58. The largest absolute Gasteiger partial charge is 0.330 e. The fourth-order valence-corrected chi connectivity index (χ4v) is 2.30. The first-order chi connectivity index (χ1) is 9.31. The summed E-state index contributed by atoms with van der Waals surface area (Å²) in [4.78, 5) is 2.51. The minimum absolute atomic E-state index is 0.402. The summed E-state index contributed by atoms with van der Waals surface area (Å²) < 4.78 is 0. The van der Waals surface area contributed by atoms with E-state index in [4.69, 9.17) is 5.73 Å². The summed E-state index contributed by atoms with van der Waals surface area (Å²) in [6.45, 7) is 9.55. The Labute approximate surface area is 118 Å². The molecule has 0 saturated carbocycles. The molecule has 0 radical (unpaired) electrons. The van der Waals surface area contributed by atoms with Crippen molar-refractivity contribution in [2.45, 2.75) is 32.7 Å².